The van der Waals surface area contributed by atoms with Gasteiger partial charge in [0.2, 0.25) is 0 Å². The van der Waals surface area contributed by atoms with Gasteiger partial charge in [-0.3, -0.25) is 0 Å². The molecular weight excluding hydrogens is 247 g/mol. The lowest BCUT2D eigenvalue weighted by molar-refractivity contribution is -0.135. The Balaban J connectivity index is 2.34. The minimum Gasteiger partial charge on any atom is -0.323 e. The van der Waals surface area contributed by atoms with Crippen LogP contribution in [0.25, 0.3) is 0 Å². The highest BCUT2D eigenvalue weighted by molar-refractivity contribution is 7.16. The molecule has 0 spiro atoms. The van der Waals surface area contributed by atoms with Crippen molar-refractivity contribution in [3.05, 3.63) is 21.3 Å². The van der Waals surface area contributed by atoms with Crippen molar-refractivity contribution >= 4 is 22.9 Å². The van der Waals surface area contributed by atoms with E-state index in [-0.39, 0.29) is 12.5 Å². The normalized spacial score (nSPS) is 14.2. The molecule has 0 radical (unpaired) electrons. The third kappa shape index (κ3) is 4.86. The van der Waals surface area contributed by atoms with Gasteiger partial charge >= 0.3 is 6.18 Å². The molecule has 6 heteroatoms. The van der Waals surface area contributed by atoms with Gasteiger partial charge in [0.25, 0.3) is 0 Å². The van der Waals surface area contributed by atoms with E-state index in [4.69, 9.17) is 17.3 Å². The molecule has 2 N–H and O–H groups in total. The van der Waals surface area contributed by atoms with Gasteiger partial charge in [-0.05, 0) is 25.0 Å². The molecule has 15 heavy (non-hydrogen) atoms. The van der Waals surface area contributed by atoms with Crippen LogP contribution in [0.5, 0.6) is 0 Å². The molecule has 1 heterocycles. The van der Waals surface area contributed by atoms with Crippen molar-refractivity contribution in [3.63, 3.8) is 0 Å². The van der Waals surface area contributed by atoms with Crippen LogP contribution < -0.4 is 5.73 Å². The number of hydrogen-bond donors (Lipinski definition) is 1. The SMILES string of the molecule is NC(CCCC(F)(F)F)c1ccc(Cl)s1. The van der Waals surface area contributed by atoms with Gasteiger partial charge in [-0.1, -0.05) is 11.6 Å². The van der Waals surface area contributed by atoms with Gasteiger partial charge < -0.3 is 5.73 Å². The van der Waals surface area contributed by atoms with E-state index >= 15 is 0 Å². The van der Waals surface area contributed by atoms with Crippen LogP contribution in [0, 0.1) is 0 Å². The maximum atomic E-state index is 11.9. The Bertz CT molecular complexity index is 311. The van der Waals surface area contributed by atoms with E-state index in [1.165, 1.54) is 11.3 Å². The molecule has 0 aliphatic carbocycles. The molecule has 1 aromatic heterocycles. The van der Waals surface area contributed by atoms with Crippen LogP contribution in [0.2, 0.25) is 4.34 Å². The molecule has 1 unspecified atom stereocenters. The van der Waals surface area contributed by atoms with E-state index in [0.29, 0.717) is 10.8 Å². The highest BCUT2D eigenvalue weighted by Crippen LogP contribution is 2.30. The van der Waals surface area contributed by atoms with Crippen LogP contribution in [0.3, 0.4) is 0 Å². The summed E-state index contributed by atoms with van der Waals surface area (Å²) in [6.07, 6.45) is -4.48. The first-order chi connectivity index (χ1) is 6.88. The smallest absolute Gasteiger partial charge is 0.323 e. The highest BCUT2D eigenvalue weighted by Gasteiger charge is 2.26. The summed E-state index contributed by atoms with van der Waals surface area (Å²) >= 11 is 7.01. The van der Waals surface area contributed by atoms with Crippen LogP contribution in [0.1, 0.15) is 30.2 Å². The molecule has 0 saturated carbocycles. The first kappa shape index (κ1) is 12.8. The van der Waals surface area contributed by atoms with Crippen molar-refractivity contribution in [2.75, 3.05) is 0 Å². The summed E-state index contributed by atoms with van der Waals surface area (Å²) in [6.45, 7) is 0. The Morgan fingerprint density at radius 3 is 2.53 bits per heavy atom. The Kier molecular flexibility index (Phi) is 4.43. The second-order valence-corrected chi connectivity index (χ2v) is 5.00. The van der Waals surface area contributed by atoms with Crippen LogP contribution in [-0.4, -0.2) is 6.18 Å². The number of alkyl halides is 3. The summed E-state index contributed by atoms with van der Waals surface area (Å²) in [5.41, 5.74) is 5.72. The molecule has 1 atom stereocenters. The quantitative estimate of drug-likeness (QED) is 0.862. The molecule has 1 rings (SSSR count). The fourth-order valence-electron chi connectivity index (χ4n) is 1.19. The zero-order chi connectivity index (χ0) is 11.5. The van der Waals surface area contributed by atoms with Gasteiger partial charge in [0, 0.05) is 17.3 Å². The van der Waals surface area contributed by atoms with E-state index in [0.717, 1.165) is 4.88 Å². The monoisotopic (exact) mass is 257 g/mol. The van der Waals surface area contributed by atoms with Crippen LogP contribution in [-0.2, 0) is 0 Å². The predicted molar refractivity (Wildman–Crippen MR) is 56.2 cm³/mol. The van der Waals surface area contributed by atoms with Crippen molar-refractivity contribution in [1.29, 1.82) is 0 Å². The summed E-state index contributed by atoms with van der Waals surface area (Å²) < 4.78 is 36.2. The zero-order valence-corrected chi connectivity index (χ0v) is 9.42. The standard InChI is InChI=1S/C9H11ClF3NS/c10-8-4-3-7(15-8)6(14)2-1-5-9(11,12)13/h3-4,6H,1-2,5,14H2. The summed E-state index contributed by atoms with van der Waals surface area (Å²) in [5.74, 6) is 0. The molecule has 0 saturated heterocycles. The van der Waals surface area contributed by atoms with Crippen molar-refractivity contribution < 1.29 is 13.2 Å². The summed E-state index contributed by atoms with van der Waals surface area (Å²) in [6, 6.07) is 3.11. The summed E-state index contributed by atoms with van der Waals surface area (Å²) in [7, 11) is 0. The maximum Gasteiger partial charge on any atom is 0.389 e. The van der Waals surface area contributed by atoms with E-state index < -0.39 is 12.6 Å². The average Bonchev–Trinajstić information content (AvgIpc) is 2.49. The highest BCUT2D eigenvalue weighted by atomic mass is 35.5. The molecule has 0 bridgehead atoms. The lowest BCUT2D eigenvalue weighted by Gasteiger charge is -2.10. The van der Waals surface area contributed by atoms with E-state index in [1.807, 2.05) is 0 Å². The average molecular weight is 258 g/mol. The largest absolute Gasteiger partial charge is 0.389 e. The first-order valence-electron chi connectivity index (χ1n) is 4.46. The number of halogens is 4. The fraction of sp³-hybridized carbons (Fsp3) is 0.556. The van der Waals surface area contributed by atoms with E-state index in [9.17, 15) is 13.2 Å². The minimum absolute atomic E-state index is 0.0557. The van der Waals surface area contributed by atoms with E-state index in [1.54, 1.807) is 12.1 Å². The van der Waals surface area contributed by atoms with Crippen LogP contribution >= 0.6 is 22.9 Å². The van der Waals surface area contributed by atoms with Gasteiger partial charge in [0.05, 0.1) is 4.34 Å². The van der Waals surface area contributed by atoms with E-state index in [2.05, 4.69) is 0 Å². The third-order valence-electron chi connectivity index (χ3n) is 1.93. The Hall–Kier alpha value is -0.260. The second-order valence-electron chi connectivity index (χ2n) is 3.26. The third-order valence-corrected chi connectivity index (χ3v) is 3.30. The number of rotatable bonds is 4. The first-order valence-corrected chi connectivity index (χ1v) is 5.65. The molecule has 0 fully saturated rings. The van der Waals surface area contributed by atoms with Crippen LogP contribution in [0.15, 0.2) is 12.1 Å². The Morgan fingerprint density at radius 2 is 2.07 bits per heavy atom. The lowest BCUT2D eigenvalue weighted by Crippen LogP contribution is -2.12. The Morgan fingerprint density at radius 1 is 1.40 bits per heavy atom. The Labute approximate surface area is 95.0 Å². The predicted octanol–water partition coefficient (Wildman–Crippen LogP) is 4.13. The zero-order valence-electron chi connectivity index (χ0n) is 7.85. The maximum absolute atomic E-state index is 11.9. The van der Waals surface area contributed by atoms with Crippen molar-refractivity contribution in [2.24, 2.45) is 5.73 Å². The van der Waals surface area contributed by atoms with Crippen molar-refractivity contribution in [2.45, 2.75) is 31.5 Å². The molecule has 0 aliphatic heterocycles. The van der Waals surface area contributed by atoms with Gasteiger partial charge in [0.15, 0.2) is 0 Å². The topological polar surface area (TPSA) is 26.0 Å². The number of hydrogen-bond acceptors (Lipinski definition) is 2. The molecule has 0 aliphatic rings. The van der Waals surface area contributed by atoms with Crippen molar-refractivity contribution in [3.8, 4) is 0 Å². The molecular formula is C9H11ClF3NS. The van der Waals surface area contributed by atoms with Crippen LogP contribution in [0.4, 0.5) is 13.2 Å². The van der Waals surface area contributed by atoms with Gasteiger partial charge in [-0.25, -0.2) is 0 Å². The van der Waals surface area contributed by atoms with Gasteiger partial charge in [-0.15, -0.1) is 11.3 Å². The molecule has 0 amide bonds. The molecule has 1 nitrogen and oxygen atoms in total. The molecule has 86 valence electrons. The molecule has 1 aromatic rings. The summed E-state index contributed by atoms with van der Waals surface area (Å²) in [4.78, 5) is 0.835. The van der Waals surface area contributed by atoms with Gasteiger partial charge in [0.1, 0.15) is 0 Å². The van der Waals surface area contributed by atoms with Crippen molar-refractivity contribution in [1.82, 2.24) is 0 Å². The number of nitrogens with two attached hydrogens (primary N) is 1. The minimum atomic E-state index is -4.09. The van der Waals surface area contributed by atoms with Gasteiger partial charge in [-0.2, -0.15) is 13.2 Å². The molecule has 0 aromatic carbocycles. The second kappa shape index (κ2) is 5.18. The lowest BCUT2D eigenvalue weighted by atomic mass is 10.1. The summed E-state index contributed by atoms with van der Waals surface area (Å²) in [5, 5.41) is 0. The fourth-order valence-corrected chi connectivity index (χ4v) is 2.29. The number of thiophene rings is 1.